The molecule has 3 aromatic rings. The third kappa shape index (κ3) is 3.48. The zero-order valence-corrected chi connectivity index (χ0v) is 15.5. The Bertz CT molecular complexity index is 926. The third-order valence-electron chi connectivity index (χ3n) is 4.82. The molecule has 0 unspecified atom stereocenters. The zero-order chi connectivity index (χ0) is 17.9. The van der Waals surface area contributed by atoms with Gasteiger partial charge in [0.05, 0.1) is 18.8 Å². The largest absolute Gasteiger partial charge is 0.332 e. The summed E-state index contributed by atoms with van der Waals surface area (Å²) in [6.45, 7) is 3.62. The van der Waals surface area contributed by atoms with Crippen molar-refractivity contribution in [3.8, 4) is 0 Å². The molecule has 0 saturated heterocycles. The van der Waals surface area contributed by atoms with Crippen molar-refractivity contribution in [2.45, 2.75) is 25.9 Å². The number of rotatable bonds is 4. The number of nitrogens with zero attached hydrogens (tertiary/aromatic N) is 3. The molecule has 1 atom stereocenters. The number of hydrogen-bond acceptors (Lipinski definition) is 3. The Labute approximate surface area is 157 Å². The molecule has 4 nitrogen and oxygen atoms in total. The highest BCUT2D eigenvalue weighted by Gasteiger charge is 2.26. The molecule has 1 aliphatic heterocycles. The van der Waals surface area contributed by atoms with Gasteiger partial charge in [-0.2, -0.15) is 5.10 Å². The minimum Gasteiger partial charge on any atom is -0.332 e. The summed E-state index contributed by atoms with van der Waals surface area (Å²) in [6.07, 6.45) is 8.23. The molecule has 0 radical (unpaired) electrons. The first kappa shape index (κ1) is 16.8. The van der Waals surface area contributed by atoms with Crippen LogP contribution in [-0.2, 0) is 17.8 Å². The number of benzene rings is 1. The van der Waals surface area contributed by atoms with Gasteiger partial charge in [0.1, 0.15) is 0 Å². The van der Waals surface area contributed by atoms with Crippen molar-refractivity contribution >= 4 is 23.3 Å². The lowest BCUT2D eigenvalue weighted by Gasteiger charge is -2.32. The third-order valence-corrected chi connectivity index (χ3v) is 5.82. The first-order chi connectivity index (χ1) is 12.7. The van der Waals surface area contributed by atoms with Crippen LogP contribution < -0.4 is 0 Å². The fraction of sp³-hybridized carbons (Fsp3) is 0.238. The topological polar surface area (TPSA) is 38.1 Å². The predicted molar refractivity (Wildman–Crippen MR) is 105 cm³/mol. The van der Waals surface area contributed by atoms with Gasteiger partial charge in [-0.1, -0.05) is 30.3 Å². The van der Waals surface area contributed by atoms with Crippen LogP contribution in [0.1, 0.15) is 34.5 Å². The molecule has 3 heterocycles. The molecule has 5 heteroatoms. The van der Waals surface area contributed by atoms with Gasteiger partial charge in [-0.05, 0) is 42.0 Å². The summed E-state index contributed by atoms with van der Waals surface area (Å²) in [4.78, 5) is 16.0. The Hall–Kier alpha value is -2.66. The molecule has 0 saturated carbocycles. The van der Waals surface area contributed by atoms with Gasteiger partial charge in [0.25, 0.3) is 0 Å². The minimum atomic E-state index is 0.0603. The van der Waals surface area contributed by atoms with E-state index in [0.717, 1.165) is 25.1 Å². The Morgan fingerprint density at radius 1 is 1.31 bits per heavy atom. The maximum absolute atomic E-state index is 12.6. The van der Waals surface area contributed by atoms with Crippen LogP contribution in [0.15, 0.2) is 60.2 Å². The number of thiophene rings is 1. The minimum absolute atomic E-state index is 0.0603. The molecule has 1 amide bonds. The standard InChI is InChI=1S/C21H21N3OS/c1-16-19-10-12-26-20(19)9-11-24(16)21(25)8-7-18-13-22-23(15-18)14-17-5-3-2-4-6-17/h2-8,10,12-13,15-16H,9,11,14H2,1H3/b8-7+/t16-/m1/s1. The van der Waals surface area contributed by atoms with Crippen molar-refractivity contribution in [2.24, 2.45) is 0 Å². The highest BCUT2D eigenvalue weighted by molar-refractivity contribution is 7.10. The molecule has 0 fully saturated rings. The molecule has 4 rings (SSSR count). The SMILES string of the molecule is C[C@@H]1c2ccsc2CCN1C(=O)/C=C/c1cnn(Cc2ccccc2)c1. The van der Waals surface area contributed by atoms with E-state index in [0.29, 0.717) is 0 Å². The van der Waals surface area contributed by atoms with Crippen LogP contribution in [0.2, 0.25) is 0 Å². The summed E-state index contributed by atoms with van der Waals surface area (Å²) < 4.78 is 1.89. The second-order valence-corrected chi connectivity index (χ2v) is 7.55. The van der Waals surface area contributed by atoms with Gasteiger partial charge in [-0.15, -0.1) is 11.3 Å². The maximum atomic E-state index is 12.6. The molecule has 1 aliphatic rings. The van der Waals surface area contributed by atoms with Crippen LogP contribution in [0.25, 0.3) is 6.08 Å². The second-order valence-electron chi connectivity index (χ2n) is 6.55. The fourth-order valence-electron chi connectivity index (χ4n) is 3.40. The summed E-state index contributed by atoms with van der Waals surface area (Å²) in [5, 5.41) is 6.50. The second kappa shape index (κ2) is 7.30. The first-order valence-corrected chi connectivity index (χ1v) is 9.70. The predicted octanol–water partition coefficient (Wildman–Crippen LogP) is 4.15. The molecule has 2 aromatic heterocycles. The van der Waals surface area contributed by atoms with Crippen molar-refractivity contribution in [3.05, 3.63) is 81.8 Å². The van der Waals surface area contributed by atoms with E-state index in [2.05, 4.69) is 35.6 Å². The lowest BCUT2D eigenvalue weighted by molar-refractivity contribution is -0.128. The van der Waals surface area contributed by atoms with Crippen LogP contribution in [-0.4, -0.2) is 27.1 Å². The van der Waals surface area contributed by atoms with E-state index in [9.17, 15) is 4.79 Å². The number of fused-ring (bicyclic) bond motifs is 1. The van der Waals surface area contributed by atoms with E-state index < -0.39 is 0 Å². The van der Waals surface area contributed by atoms with E-state index in [-0.39, 0.29) is 11.9 Å². The number of aromatic nitrogens is 2. The quantitative estimate of drug-likeness (QED) is 0.653. The molecule has 132 valence electrons. The Kier molecular flexibility index (Phi) is 4.71. The van der Waals surface area contributed by atoms with E-state index >= 15 is 0 Å². The van der Waals surface area contributed by atoms with E-state index in [1.54, 1.807) is 23.6 Å². The van der Waals surface area contributed by atoms with E-state index in [1.165, 1.54) is 16.0 Å². The Balaban J connectivity index is 1.41. The van der Waals surface area contributed by atoms with E-state index in [4.69, 9.17) is 0 Å². The normalized spacial score (nSPS) is 16.8. The van der Waals surface area contributed by atoms with Crippen LogP contribution in [0, 0.1) is 0 Å². The monoisotopic (exact) mass is 363 g/mol. The summed E-state index contributed by atoms with van der Waals surface area (Å²) in [5.41, 5.74) is 3.43. The summed E-state index contributed by atoms with van der Waals surface area (Å²) in [6, 6.07) is 12.5. The van der Waals surface area contributed by atoms with Crippen LogP contribution in [0.4, 0.5) is 0 Å². The smallest absolute Gasteiger partial charge is 0.247 e. The van der Waals surface area contributed by atoms with E-state index in [1.807, 2.05) is 40.1 Å². The fourth-order valence-corrected chi connectivity index (χ4v) is 4.36. The van der Waals surface area contributed by atoms with Crippen LogP contribution in [0.3, 0.4) is 0 Å². The molecular weight excluding hydrogens is 342 g/mol. The van der Waals surface area contributed by atoms with Gasteiger partial charge in [-0.25, -0.2) is 0 Å². The molecule has 0 N–H and O–H groups in total. The van der Waals surface area contributed by atoms with Crippen molar-refractivity contribution in [3.63, 3.8) is 0 Å². The zero-order valence-electron chi connectivity index (χ0n) is 14.7. The molecule has 1 aromatic carbocycles. The highest BCUT2D eigenvalue weighted by atomic mass is 32.1. The average molecular weight is 363 g/mol. The molecular formula is C21H21N3OS. The van der Waals surface area contributed by atoms with Gasteiger partial charge >= 0.3 is 0 Å². The van der Waals surface area contributed by atoms with Gasteiger partial charge in [0.2, 0.25) is 5.91 Å². The summed E-state index contributed by atoms with van der Waals surface area (Å²) in [7, 11) is 0. The lowest BCUT2D eigenvalue weighted by Crippen LogP contribution is -2.37. The van der Waals surface area contributed by atoms with Gasteiger partial charge in [0.15, 0.2) is 0 Å². The van der Waals surface area contributed by atoms with Crippen LogP contribution >= 0.6 is 11.3 Å². The van der Waals surface area contributed by atoms with Crippen LogP contribution in [0.5, 0.6) is 0 Å². The Morgan fingerprint density at radius 2 is 2.15 bits per heavy atom. The molecule has 0 spiro atoms. The Morgan fingerprint density at radius 3 is 3.00 bits per heavy atom. The average Bonchev–Trinajstić information content (AvgIpc) is 3.30. The molecule has 0 aliphatic carbocycles. The summed E-state index contributed by atoms with van der Waals surface area (Å²) in [5.74, 6) is 0.0603. The lowest BCUT2D eigenvalue weighted by atomic mass is 10.0. The highest BCUT2D eigenvalue weighted by Crippen LogP contribution is 2.32. The van der Waals surface area contributed by atoms with Gasteiger partial charge in [0, 0.05) is 29.3 Å². The van der Waals surface area contributed by atoms with Gasteiger partial charge in [-0.3, -0.25) is 9.48 Å². The summed E-state index contributed by atoms with van der Waals surface area (Å²) >= 11 is 1.79. The number of carbonyl (C=O) groups excluding carboxylic acids is 1. The van der Waals surface area contributed by atoms with Gasteiger partial charge < -0.3 is 4.90 Å². The molecule has 26 heavy (non-hydrogen) atoms. The number of carbonyl (C=O) groups is 1. The molecule has 0 bridgehead atoms. The first-order valence-electron chi connectivity index (χ1n) is 8.82. The van der Waals surface area contributed by atoms with Crippen molar-refractivity contribution in [2.75, 3.05) is 6.54 Å². The maximum Gasteiger partial charge on any atom is 0.247 e. The van der Waals surface area contributed by atoms with Crippen molar-refractivity contribution in [1.29, 1.82) is 0 Å². The van der Waals surface area contributed by atoms with Crippen molar-refractivity contribution in [1.82, 2.24) is 14.7 Å². The number of hydrogen-bond donors (Lipinski definition) is 0. The van der Waals surface area contributed by atoms with Crippen molar-refractivity contribution < 1.29 is 4.79 Å². The number of amides is 1.